The van der Waals surface area contributed by atoms with Crippen LogP contribution in [-0.2, 0) is 14.2 Å². The summed E-state index contributed by atoms with van der Waals surface area (Å²) in [6, 6.07) is -0.813. The predicted octanol–water partition coefficient (Wildman–Crippen LogP) is -0.180. The van der Waals surface area contributed by atoms with Crippen LogP contribution in [0.5, 0.6) is 0 Å². The van der Waals surface area contributed by atoms with E-state index in [2.05, 4.69) is 5.32 Å². The lowest BCUT2D eigenvalue weighted by molar-refractivity contribution is -0.212. The van der Waals surface area contributed by atoms with Gasteiger partial charge in [0.15, 0.2) is 6.29 Å². The maximum absolute atomic E-state index is 10.8. The lowest BCUT2D eigenvalue weighted by Crippen LogP contribution is -2.57. The van der Waals surface area contributed by atoms with Gasteiger partial charge in [0, 0.05) is 20.6 Å². The lowest BCUT2D eigenvalue weighted by Gasteiger charge is -2.39. The molecule has 1 heterocycles. The molecule has 0 unspecified atom stereocenters. The molecule has 1 rings (SSSR count). The van der Waals surface area contributed by atoms with Crippen molar-refractivity contribution >= 4 is 6.03 Å². The van der Waals surface area contributed by atoms with E-state index in [9.17, 15) is 4.79 Å². The number of urea groups is 1. The highest BCUT2D eigenvalue weighted by Gasteiger charge is 2.37. The van der Waals surface area contributed by atoms with Crippen molar-refractivity contribution in [1.29, 1.82) is 0 Å². The quantitative estimate of drug-likeness (QED) is 0.688. The first-order valence-electron chi connectivity index (χ1n) is 4.85. The van der Waals surface area contributed by atoms with Crippen molar-refractivity contribution in [3.63, 3.8) is 0 Å². The molecule has 1 aliphatic heterocycles. The third kappa shape index (κ3) is 3.05. The number of ether oxygens (including phenoxy) is 3. The fourth-order valence-electron chi connectivity index (χ4n) is 1.79. The highest BCUT2D eigenvalue weighted by atomic mass is 16.7. The van der Waals surface area contributed by atoms with Crippen molar-refractivity contribution in [3.8, 4) is 0 Å². The van der Waals surface area contributed by atoms with Gasteiger partial charge >= 0.3 is 6.03 Å². The van der Waals surface area contributed by atoms with Crippen LogP contribution < -0.4 is 11.1 Å². The summed E-state index contributed by atoms with van der Waals surface area (Å²) in [7, 11) is 3.16. The summed E-state index contributed by atoms with van der Waals surface area (Å²) in [6.45, 7) is 1.85. The number of amides is 2. The van der Waals surface area contributed by atoms with E-state index in [1.807, 2.05) is 6.92 Å². The fraction of sp³-hybridized carbons (Fsp3) is 0.889. The summed E-state index contributed by atoms with van der Waals surface area (Å²) < 4.78 is 15.9. The van der Waals surface area contributed by atoms with Crippen LogP contribution in [-0.4, -0.2) is 44.8 Å². The van der Waals surface area contributed by atoms with Crippen molar-refractivity contribution in [2.24, 2.45) is 5.73 Å². The number of nitrogens with one attached hydrogen (secondary N) is 1. The van der Waals surface area contributed by atoms with Crippen LogP contribution in [0, 0.1) is 0 Å². The molecule has 0 bridgehead atoms. The molecule has 1 fully saturated rings. The third-order valence-corrected chi connectivity index (χ3v) is 2.57. The highest BCUT2D eigenvalue weighted by Crippen LogP contribution is 2.22. The monoisotopic (exact) mass is 218 g/mol. The molecule has 0 aromatic heterocycles. The Bertz CT molecular complexity index is 224. The molecule has 6 nitrogen and oxygen atoms in total. The van der Waals surface area contributed by atoms with Crippen LogP contribution in [0.25, 0.3) is 0 Å². The SMILES string of the molecule is CO[C@H]1C[C@H](OC)[C@H](NC(N)=O)[C@H](C)O1. The molecule has 88 valence electrons. The zero-order chi connectivity index (χ0) is 11.4. The second-order valence-electron chi connectivity index (χ2n) is 3.55. The van der Waals surface area contributed by atoms with E-state index < -0.39 is 6.03 Å². The van der Waals surface area contributed by atoms with E-state index >= 15 is 0 Å². The van der Waals surface area contributed by atoms with E-state index in [-0.39, 0.29) is 24.5 Å². The Morgan fingerprint density at radius 2 is 2.13 bits per heavy atom. The van der Waals surface area contributed by atoms with Crippen LogP contribution in [0.15, 0.2) is 0 Å². The second kappa shape index (κ2) is 5.29. The second-order valence-corrected chi connectivity index (χ2v) is 3.55. The molecule has 4 atom stereocenters. The zero-order valence-electron chi connectivity index (χ0n) is 9.23. The van der Waals surface area contributed by atoms with Gasteiger partial charge in [0.25, 0.3) is 0 Å². The van der Waals surface area contributed by atoms with E-state index in [1.165, 1.54) is 0 Å². The molecule has 0 aromatic carbocycles. The van der Waals surface area contributed by atoms with Crippen LogP contribution in [0.1, 0.15) is 13.3 Å². The zero-order valence-corrected chi connectivity index (χ0v) is 9.23. The molecule has 6 heteroatoms. The summed E-state index contributed by atoms with van der Waals surface area (Å²) in [4.78, 5) is 10.8. The number of hydrogen-bond acceptors (Lipinski definition) is 4. The average Bonchev–Trinajstić information content (AvgIpc) is 2.20. The Morgan fingerprint density at radius 3 is 2.60 bits per heavy atom. The van der Waals surface area contributed by atoms with Gasteiger partial charge in [0.2, 0.25) is 0 Å². The van der Waals surface area contributed by atoms with Crippen LogP contribution in [0.3, 0.4) is 0 Å². The van der Waals surface area contributed by atoms with Crippen LogP contribution in [0.2, 0.25) is 0 Å². The van der Waals surface area contributed by atoms with Crippen molar-refractivity contribution in [3.05, 3.63) is 0 Å². The number of carbonyl (C=O) groups is 1. The molecular weight excluding hydrogens is 200 g/mol. The van der Waals surface area contributed by atoms with Gasteiger partial charge < -0.3 is 25.3 Å². The largest absolute Gasteiger partial charge is 0.379 e. The van der Waals surface area contributed by atoms with Gasteiger partial charge in [0.05, 0.1) is 18.2 Å². The van der Waals surface area contributed by atoms with Crippen molar-refractivity contribution in [2.75, 3.05) is 14.2 Å². The van der Waals surface area contributed by atoms with E-state index in [0.29, 0.717) is 6.42 Å². The topological polar surface area (TPSA) is 82.8 Å². The molecule has 0 saturated carbocycles. The van der Waals surface area contributed by atoms with Crippen molar-refractivity contribution in [1.82, 2.24) is 5.32 Å². The third-order valence-electron chi connectivity index (χ3n) is 2.57. The van der Waals surface area contributed by atoms with Gasteiger partial charge in [0.1, 0.15) is 0 Å². The predicted molar refractivity (Wildman–Crippen MR) is 53.3 cm³/mol. The summed E-state index contributed by atoms with van der Waals surface area (Å²) in [6.07, 6.45) is -0.0642. The minimum absolute atomic E-state index is 0.147. The molecule has 15 heavy (non-hydrogen) atoms. The van der Waals surface area contributed by atoms with Crippen LogP contribution >= 0.6 is 0 Å². The summed E-state index contributed by atoms with van der Waals surface area (Å²) in [5.74, 6) is 0. The van der Waals surface area contributed by atoms with Gasteiger partial charge in [-0.05, 0) is 6.92 Å². The number of nitrogens with two attached hydrogens (primary N) is 1. The molecule has 1 saturated heterocycles. The van der Waals surface area contributed by atoms with Crippen molar-refractivity contribution < 1.29 is 19.0 Å². The number of primary amides is 1. The average molecular weight is 218 g/mol. The first-order chi connectivity index (χ1) is 7.08. The van der Waals surface area contributed by atoms with E-state index in [0.717, 1.165) is 0 Å². The molecule has 1 aliphatic rings. The molecule has 0 aromatic rings. The van der Waals surface area contributed by atoms with Gasteiger partial charge in [-0.15, -0.1) is 0 Å². The number of carbonyl (C=O) groups excluding carboxylic acids is 1. The molecule has 3 N–H and O–H groups in total. The van der Waals surface area contributed by atoms with Gasteiger partial charge in [-0.25, -0.2) is 4.79 Å². The minimum Gasteiger partial charge on any atom is -0.379 e. The van der Waals surface area contributed by atoms with E-state index in [4.69, 9.17) is 19.9 Å². The number of hydrogen-bond donors (Lipinski definition) is 2. The number of rotatable bonds is 3. The number of methoxy groups -OCH3 is 2. The van der Waals surface area contributed by atoms with Crippen LogP contribution in [0.4, 0.5) is 4.79 Å². The molecule has 0 aliphatic carbocycles. The standard InChI is InChI=1S/C9H18N2O4/c1-5-8(11-9(10)12)6(13-2)4-7(14-3)15-5/h5-8H,4H2,1-3H3,(H3,10,11,12)/t5-,6-,7+,8+/m0/s1. The Morgan fingerprint density at radius 1 is 1.47 bits per heavy atom. The Hall–Kier alpha value is -0.850. The summed E-state index contributed by atoms with van der Waals surface area (Å²) in [5, 5.41) is 2.61. The normalized spacial score (nSPS) is 36.2. The van der Waals surface area contributed by atoms with Gasteiger partial charge in [-0.3, -0.25) is 0 Å². The summed E-state index contributed by atoms with van der Waals surface area (Å²) >= 11 is 0. The molecular formula is C9H18N2O4. The highest BCUT2D eigenvalue weighted by molar-refractivity contribution is 5.72. The van der Waals surface area contributed by atoms with Gasteiger partial charge in [-0.2, -0.15) is 0 Å². The smallest absolute Gasteiger partial charge is 0.312 e. The first kappa shape index (κ1) is 12.2. The first-order valence-corrected chi connectivity index (χ1v) is 4.85. The Balaban J connectivity index is 2.64. The van der Waals surface area contributed by atoms with Gasteiger partial charge in [-0.1, -0.05) is 0 Å². The summed E-state index contributed by atoms with van der Waals surface area (Å²) in [5.41, 5.74) is 5.08. The molecule has 0 spiro atoms. The minimum atomic E-state index is -0.576. The fourth-order valence-corrected chi connectivity index (χ4v) is 1.79. The van der Waals surface area contributed by atoms with E-state index in [1.54, 1.807) is 14.2 Å². The molecule has 0 radical (unpaired) electrons. The maximum atomic E-state index is 10.8. The Kier molecular flexibility index (Phi) is 4.31. The molecule has 2 amide bonds. The maximum Gasteiger partial charge on any atom is 0.312 e. The lowest BCUT2D eigenvalue weighted by atomic mass is 9.99. The van der Waals surface area contributed by atoms with Crippen molar-refractivity contribution in [2.45, 2.75) is 37.9 Å². The Labute approximate surface area is 89.0 Å².